The van der Waals surface area contributed by atoms with E-state index in [1.807, 2.05) is 0 Å². The van der Waals surface area contributed by atoms with Gasteiger partial charge in [-0.1, -0.05) is 6.07 Å². The van der Waals surface area contributed by atoms with Crippen LogP contribution in [0.3, 0.4) is 0 Å². The SMILES string of the molecule is O=C1NS(=O)(=O)N1C(=O)c1ccccn1. The minimum absolute atomic E-state index is 0.101. The van der Waals surface area contributed by atoms with Crippen molar-refractivity contribution in [2.24, 2.45) is 0 Å². The van der Waals surface area contributed by atoms with Gasteiger partial charge in [-0.2, -0.15) is 8.42 Å². The molecule has 0 bridgehead atoms. The van der Waals surface area contributed by atoms with Crippen molar-refractivity contribution in [3.05, 3.63) is 30.1 Å². The van der Waals surface area contributed by atoms with Crippen LogP contribution in [-0.4, -0.2) is 29.6 Å². The number of pyridine rings is 1. The Hall–Kier alpha value is -1.96. The summed E-state index contributed by atoms with van der Waals surface area (Å²) in [6.45, 7) is 0. The molecule has 0 aliphatic carbocycles. The van der Waals surface area contributed by atoms with Gasteiger partial charge in [0, 0.05) is 6.20 Å². The molecule has 0 aromatic carbocycles. The summed E-state index contributed by atoms with van der Waals surface area (Å²) in [4.78, 5) is 26.0. The van der Waals surface area contributed by atoms with Gasteiger partial charge in [-0.3, -0.25) is 9.78 Å². The third-order valence-corrected chi connectivity index (χ3v) is 2.95. The Morgan fingerprint density at radius 3 is 2.60 bits per heavy atom. The molecule has 1 aliphatic heterocycles. The number of imide groups is 1. The van der Waals surface area contributed by atoms with Crippen LogP contribution in [0.2, 0.25) is 0 Å². The summed E-state index contributed by atoms with van der Waals surface area (Å²) in [7, 11) is -3.97. The lowest BCUT2D eigenvalue weighted by molar-refractivity contribution is 0.0867. The van der Waals surface area contributed by atoms with Crippen LogP contribution in [0.5, 0.6) is 0 Å². The largest absolute Gasteiger partial charge is 0.354 e. The predicted molar refractivity (Wildman–Crippen MR) is 47.9 cm³/mol. The van der Waals surface area contributed by atoms with E-state index in [1.165, 1.54) is 18.3 Å². The number of aromatic nitrogens is 1. The molecule has 0 saturated carbocycles. The van der Waals surface area contributed by atoms with Crippen LogP contribution < -0.4 is 4.72 Å². The summed E-state index contributed by atoms with van der Waals surface area (Å²) >= 11 is 0. The van der Waals surface area contributed by atoms with Crippen LogP contribution >= 0.6 is 0 Å². The second-order valence-electron chi connectivity index (χ2n) is 2.70. The molecule has 1 saturated heterocycles. The Labute approximate surface area is 84.9 Å². The van der Waals surface area contributed by atoms with Crippen molar-refractivity contribution in [1.82, 2.24) is 14.0 Å². The molecule has 1 aromatic heterocycles. The molecule has 7 nitrogen and oxygen atoms in total. The maximum absolute atomic E-state index is 11.5. The molecule has 2 heterocycles. The molecule has 78 valence electrons. The van der Waals surface area contributed by atoms with E-state index < -0.39 is 22.1 Å². The number of carbonyl (C=O) groups excluding carboxylic acids is 2. The quantitative estimate of drug-likeness (QED) is 0.697. The lowest BCUT2D eigenvalue weighted by Crippen LogP contribution is -2.63. The Balaban J connectivity index is 2.34. The van der Waals surface area contributed by atoms with E-state index in [9.17, 15) is 18.0 Å². The molecule has 1 aliphatic rings. The van der Waals surface area contributed by atoms with Gasteiger partial charge >= 0.3 is 16.2 Å². The Morgan fingerprint density at radius 1 is 1.40 bits per heavy atom. The average molecular weight is 227 g/mol. The number of urea groups is 1. The fourth-order valence-electron chi connectivity index (χ4n) is 1.06. The predicted octanol–water partition coefficient (Wildman–Crippen LogP) is -0.508. The zero-order valence-electron chi connectivity index (χ0n) is 7.25. The Kier molecular flexibility index (Phi) is 1.93. The van der Waals surface area contributed by atoms with E-state index in [0.29, 0.717) is 0 Å². The number of hydrogen-bond acceptors (Lipinski definition) is 5. The van der Waals surface area contributed by atoms with Crippen molar-refractivity contribution in [2.45, 2.75) is 0 Å². The number of amides is 3. The average Bonchev–Trinajstić information content (AvgIpc) is 2.17. The van der Waals surface area contributed by atoms with E-state index in [1.54, 1.807) is 10.8 Å². The van der Waals surface area contributed by atoms with Gasteiger partial charge in [0.1, 0.15) is 5.69 Å². The van der Waals surface area contributed by atoms with Gasteiger partial charge in [0.05, 0.1) is 0 Å². The number of nitrogens with zero attached hydrogens (tertiary/aromatic N) is 2. The van der Waals surface area contributed by atoms with Crippen LogP contribution in [0, 0.1) is 0 Å². The van der Waals surface area contributed by atoms with Gasteiger partial charge in [0.25, 0.3) is 5.91 Å². The topological polar surface area (TPSA) is 96.4 Å². The molecule has 8 heteroatoms. The van der Waals surface area contributed by atoms with Gasteiger partial charge in [0.15, 0.2) is 0 Å². The van der Waals surface area contributed by atoms with Crippen molar-refractivity contribution in [3.8, 4) is 0 Å². The summed E-state index contributed by atoms with van der Waals surface area (Å²) in [5.41, 5.74) is -0.101. The van der Waals surface area contributed by atoms with Gasteiger partial charge in [-0.05, 0) is 12.1 Å². The number of carbonyl (C=O) groups is 2. The van der Waals surface area contributed by atoms with Crippen LogP contribution in [0.25, 0.3) is 0 Å². The molecule has 1 fully saturated rings. The number of hydrogen-bond donors (Lipinski definition) is 1. The van der Waals surface area contributed by atoms with E-state index in [4.69, 9.17) is 0 Å². The van der Waals surface area contributed by atoms with E-state index >= 15 is 0 Å². The molecule has 3 amide bonds. The molecule has 0 radical (unpaired) electrons. The molecule has 2 rings (SSSR count). The zero-order valence-corrected chi connectivity index (χ0v) is 8.06. The lowest BCUT2D eigenvalue weighted by atomic mass is 10.3. The smallest absolute Gasteiger partial charge is 0.266 e. The first kappa shape index (κ1) is 9.59. The monoisotopic (exact) mass is 227 g/mol. The Morgan fingerprint density at radius 2 is 2.13 bits per heavy atom. The van der Waals surface area contributed by atoms with Gasteiger partial charge in [-0.25, -0.2) is 9.52 Å². The maximum atomic E-state index is 11.5. The highest BCUT2D eigenvalue weighted by Crippen LogP contribution is 2.13. The van der Waals surface area contributed by atoms with Crippen LogP contribution in [0.4, 0.5) is 4.79 Å². The highest BCUT2D eigenvalue weighted by Gasteiger charge is 2.46. The summed E-state index contributed by atoms with van der Waals surface area (Å²) < 4.78 is 23.7. The van der Waals surface area contributed by atoms with Gasteiger partial charge < -0.3 is 0 Å². The molecule has 1 aromatic rings. The molecular formula is C7H5N3O4S. The fourth-order valence-corrected chi connectivity index (χ4v) is 1.91. The van der Waals surface area contributed by atoms with Crippen molar-refractivity contribution >= 4 is 22.1 Å². The van der Waals surface area contributed by atoms with Gasteiger partial charge in [0.2, 0.25) is 0 Å². The molecule has 0 spiro atoms. The van der Waals surface area contributed by atoms with E-state index in [-0.39, 0.29) is 10.00 Å². The second kappa shape index (κ2) is 3.02. The summed E-state index contributed by atoms with van der Waals surface area (Å²) in [5.74, 6) is -0.959. The summed E-state index contributed by atoms with van der Waals surface area (Å²) in [6.07, 6.45) is 1.33. The fraction of sp³-hybridized carbons (Fsp3) is 0. The summed E-state index contributed by atoms with van der Waals surface area (Å²) in [5, 5.41) is 0. The molecule has 0 unspecified atom stereocenters. The van der Waals surface area contributed by atoms with Crippen molar-refractivity contribution in [2.75, 3.05) is 0 Å². The maximum Gasteiger partial charge on any atom is 0.354 e. The highest BCUT2D eigenvalue weighted by molar-refractivity contribution is 7.91. The first-order chi connectivity index (χ1) is 7.02. The first-order valence-corrected chi connectivity index (χ1v) is 5.29. The minimum Gasteiger partial charge on any atom is -0.266 e. The summed E-state index contributed by atoms with van der Waals surface area (Å²) in [6, 6.07) is 3.45. The molecular weight excluding hydrogens is 222 g/mol. The third kappa shape index (κ3) is 1.44. The van der Waals surface area contributed by atoms with E-state index in [0.717, 1.165) is 0 Å². The molecule has 0 atom stereocenters. The number of nitrogens with one attached hydrogen (secondary N) is 1. The highest BCUT2D eigenvalue weighted by atomic mass is 32.2. The normalized spacial score (nSPS) is 17.9. The molecule has 1 N–H and O–H groups in total. The number of rotatable bonds is 1. The van der Waals surface area contributed by atoms with E-state index in [2.05, 4.69) is 4.98 Å². The minimum atomic E-state index is -3.97. The molecule has 15 heavy (non-hydrogen) atoms. The third-order valence-electron chi connectivity index (χ3n) is 1.71. The van der Waals surface area contributed by atoms with Gasteiger partial charge in [-0.15, -0.1) is 4.31 Å². The zero-order chi connectivity index (χ0) is 11.1. The van der Waals surface area contributed by atoms with Crippen molar-refractivity contribution in [3.63, 3.8) is 0 Å². The first-order valence-electron chi connectivity index (χ1n) is 3.85. The Bertz CT molecular complexity index is 524. The van der Waals surface area contributed by atoms with Crippen LogP contribution in [0.1, 0.15) is 10.5 Å². The van der Waals surface area contributed by atoms with Crippen molar-refractivity contribution in [1.29, 1.82) is 0 Å². The van der Waals surface area contributed by atoms with Crippen LogP contribution in [0.15, 0.2) is 24.4 Å². The van der Waals surface area contributed by atoms with Crippen LogP contribution in [-0.2, 0) is 10.2 Å². The lowest BCUT2D eigenvalue weighted by Gasteiger charge is -2.27. The van der Waals surface area contributed by atoms with Crippen molar-refractivity contribution < 1.29 is 18.0 Å². The second-order valence-corrected chi connectivity index (χ2v) is 4.22. The standard InChI is InChI=1S/C7H5N3O4S/c11-6(5-3-1-2-4-8-5)10-7(12)9-15(10,13)14/h1-4H,(H,9,12).